The molecule has 1 fully saturated rings. The van der Waals surface area contributed by atoms with Crippen molar-refractivity contribution in [2.24, 2.45) is 0 Å². The van der Waals surface area contributed by atoms with Crippen LogP contribution in [0.5, 0.6) is 0 Å². The Labute approximate surface area is 102 Å². The van der Waals surface area contributed by atoms with Gasteiger partial charge < -0.3 is 15.4 Å². The predicted octanol–water partition coefficient (Wildman–Crippen LogP) is 0.623. The molecule has 1 aliphatic rings. The highest BCUT2D eigenvalue weighted by molar-refractivity contribution is 7.99. The van der Waals surface area contributed by atoms with Crippen LogP contribution in [0.3, 0.4) is 0 Å². The van der Waals surface area contributed by atoms with Gasteiger partial charge in [0, 0.05) is 24.9 Å². The van der Waals surface area contributed by atoms with E-state index in [9.17, 15) is 4.79 Å². The highest BCUT2D eigenvalue weighted by atomic mass is 32.2. The van der Waals surface area contributed by atoms with Crippen LogP contribution in [0.1, 0.15) is 20.3 Å². The van der Waals surface area contributed by atoms with Gasteiger partial charge in [-0.1, -0.05) is 6.92 Å². The first-order valence-corrected chi connectivity index (χ1v) is 6.99. The predicted molar refractivity (Wildman–Crippen MR) is 67.8 cm³/mol. The molecule has 0 aromatic carbocycles. The molecule has 1 aliphatic heterocycles. The summed E-state index contributed by atoms with van der Waals surface area (Å²) in [6.45, 7) is 6.76. The first-order chi connectivity index (χ1) is 7.56. The average Bonchev–Trinajstić information content (AvgIpc) is 2.23. The van der Waals surface area contributed by atoms with E-state index in [0.29, 0.717) is 5.25 Å². The molecule has 0 radical (unpaired) electrons. The first-order valence-electron chi connectivity index (χ1n) is 5.70. The van der Waals surface area contributed by atoms with Gasteiger partial charge in [-0.3, -0.25) is 4.79 Å². The number of ether oxygens (including phenoxy) is 1. The van der Waals surface area contributed by atoms with Crippen LogP contribution >= 0.6 is 11.8 Å². The zero-order valence-corrected chi connectivity index (χ0v) is 11.2. The maximum atomic E-state index is 11.4. The molecule has 16 heavy (non-hydrogen) atoms. The van der Waals surface area contributed by atoms with E-state index < -0.39 is 0 Å². The zero-order chi connectivity index (χ0) is 12.0. The fourth-order valence-electron chi connectivity index (χ4n) is 1.40. The van der Waals surface area contributed by atoms with Crippen LogP contribution in [0, 0.1) is 0 Å². The van der Waals surface area contributed by atoms with Crippen LogP contribution < -0.4 is 10.6 Å². The molecule has 2 N–H and O–H groups in total. The third-order valence-corrected chi connectivity index (χ3v) is 3.87. The van der Waals surface area contributed by atoms with Crippen molar-refractivity contribution in [3.05, 3.63) is 0 Å². The molecule has 0 aromatic rings. The van der Waals surface area contributed by atoms with E-state index in [4.69, 9.17) is 4.74 Å². The monoisotopic (exact) mass is 246 g/mol. The van der Waals surface area contributed by atoms with Gasteiger partial charge in [0.1, 0.15) is 6.61 Å². The van der Waals surface area contributed by atoms with Crippen molar-refractivity contribution >= 4 is 17.7 Å². The number of thioether (sulfide) groups is 1. The number of rotatable bonds is 7. The van der Waals surface area contributed by atoms with Crippen molar-refractivity contribution in [3.8, 4) is 0 Å². The van der Waals surface area contributed by atoms with E-state index in [0.717, 1.165) is 26.1 Å². The van der Waals surface area contributed by atoms with E-state index in [2.05, 4.69) is 23.8 Å². The number of hydrogen-bond donors (Lipinski definition) is 2. The van der Waals surface area contributed by atoms with Crippen LogP contribution in [0.25, 0.3) is 0 Å². The van der Waals surface area contributed by atoms with Gasteiger partial charge in [-0.15, -0.1) is 0 Å². The molecule has 0 saturated carbocycles. The van der Waals surface area contributed by atoms with Gasteiger partial charge >= 0.3 is 0 Å². The molecule has 0 aliphatic carbocycles. The van der Waals surface area contributed by atoms with Gasteiger partial charge in [0.2, 0.25) is 5.91 Å². The summed E-state index contributed by atoms with van der Waals surface area (Å²) in [5.41, 5.74) is -0.135. The van der Waals surface area contributed by atoms with Gasteiger partial charge in [-0.25, -0.2) is 0 Å². The number of nitrogens with one attached hydrogen (secondary N) is 2. The van der Waals surface area contributed by atoms with Gasteiger partial charge in [0.15, 0.2) is 0 Å². The molecule has 4 nitrogen and oxygen atoms in total. The fourth-order valence-corrected chi connectivity index (χ4v) is 1.76. The Hall–Kier alpha value is -0.260. The van der Waals surface area contributed by atoms with Crippen molar-refractivity contribution in [1.29, 1.82) is 0 Å². The van der Waals surface area contributed by atoms with Gasteiger partial charge in [-0.2, -0.15) is 11.8 Å². The van der Waals surface area contributed by atoms with E-state index in [1.54, 1.807) is 0 Å². The lowest BCUT2D eigenvalue weighted by Gasteiger charge is -2.38. The molecule has 0 bridgehead atoms. The summed E-state index contributed by atoms with van der Waals surface area (Å²) >= 11 is 1.82. The highest BCUT2D eigenvalue weighted by Crippen LogP contribution is 2.14. The Balaban J connectivity index is 2.02. The van der Waals surface area contributed by atoms with Crippen LogP contribution in [0.2, 0.25) is 0 Å². The Morgan fingerprint density at radius 1 is 1.62 bits per heavy atom. The lowest BCUT2D eigenvalue weighted by atomic mass is 10.0. The normalized spacial score (nSPS) is 19.9. The summed E-state index contributed by atoms with van der Waals surface area (Å²) in [6.07, 6.45) is 3.09. The standard InChI is InChI=1S/C11H22N2O2S/c1-9(16-3)4-5-13-10(14)6-15-11(2)7-12-8-11/h9,12H,4-8H2,1-3H3,(H,13,14). The largest absolute Gasteiger partial charge is 0.363 e. The second-order valence-corrected chi connectivity index (χ2v) is 5.80. The van der Waals surface area contributed by atoms with Crippen molar-refractivity contribution < 1.29 is 9.53 Å². The van der Waals surface area contributed by atoms with Crippen LogP contribution in [0.4, 0.5) is 0 Å². The van der Waals surface area contributed by atoms with Gasteiger partial charge in [0.05, 0.1) is 5.60 Å². The van der Waals surface area contributed by atoms with E-state index in [-0.39, 0.29) is 18.1 Å². The molecule has 1 unspecified atom stereocenters. The average molecular weight is 246 g/mol. The third kappa shape index (κ3) is 4.72. The number of hydrogen-bond acceptors (Lipinski definition) is 4. The quantitative estimate of drug-likeness (QED) is 0.691. The molecule has 1 rings (SSSR count). The summed E-state index contributed by atoms with van der Waals surface area (Å²) in [7, 11) is 0. The second kappa shape index (κ2) is 6.47. The number of carbonyl (C=O) groups excluding carboxylic acids is 1. The van der Waals surface area contributed by atoms with Crippen LogP contribution in [0.15, 0.2) is 0 Å². The Morgan fingerprint density at radius 3 is 2.81 bits per heavy atom. The molecule has 1 amide bonds. The Bertz CT molecular complexity index is 232. The van der Waals surface area contributed by atoms with Crippen molar-refractivity contribution in [1.82, 2.24) is 10.6 Å². The minimum absolute atomic E-state index is 0.0126. The van der Waals surface area contributed by atoms with Gasteiger partial charge in [0.25, 0.3) is 0 Å². The van der Waals surface area contributed by atoms with Crippen molar-refractivity contribution in [2.45, 2.75) is 31.1 Å². The van der Waals surface area contributed by atoms with Crippen LogP contribution in [-0.2, 0) is 9.53 Å². The molecule has 1 heterocycles. The number of amides is 1. The molecular formula is C11H22N2O2S. The summed E-state index contributed by atoms with van der Waals surface area (Å²) in [5.74, 6) is -0.0126. The molecule has 0 spiro atoms. The molecule has 0 aromatic heterocycles. The van der Waals surface area contributed by atoms with E-state index in [1.807, 2.05) is 18.7 Å². The second-order valence-electron chi connectivity index (χ2n) is 4.53. The molecule has 5 heteroatoms. The number of carbonyl (C=O) groups is 1. The van der Waals surface area contributed by atoms with Gasteiger partial charge in [-0.05, 0) is 19.6 Å². The molecule has 1 atom stereocenters. The molecular weight excluding hydrogens is 224 g/mol. The Morgan fingerprint density at radius 2 is 2.31 bits per heavy atom. The SMILES string of the molecule is CSC(C)CCNC(=O)COC1(C)CNC1. The third-order valence-electron chi connectivity index (χ3n) is 2.83. The highest BCUT2D eigenvalue weighted by Gasteiger charge is 2.32. The van der Waals surface area contributed by atoms with E-state index in [1.165, 1.54) is 0 Å². The minimum atomic E-state index is -0.135. The minimum Gasteiger partial charge on any atom is -0.363 e. The van der Waals surface area contributed by atoms with E-state index >= 15 is 0 Å². The summed E-state index contributed by atoms with van der Waals surface area (Å²) in [5, 5.41) is 6.59. The Kier molecular flexibility index (Phi) is 5.58. The zero-order valence-electron chi connectivity index (χ0n) is 10.3. The lowest BCUT2D eigenvalue weighted by Crippen LogP contribution is -2.59. The maximum absolute atomic E-state index is 11.4. The van der Waals surface area contributed by atoms with Crippen molar-refractivity contribution in [2.75, 3.05) is 32.5 Å². The smallest absolute Gasteiger partial charge is 0.246 e. The topological polar surface area (TPSA) is 50.4 Å². The maximum Gasteiger partial charge on any atom is 0.246 e. The summed E-state index contributed by atoms with van der Waals surface area (Å²) < 4.78 is 5.53. The summed E-state index contributed by atoms with van der Waals surface area (Å²) in [6, 6.07) is 0. The first kappa shape index (κ1) is 13.8. The lowest BCUT2D eigenvalue weighted by molar-refractivity contribution is -0.135. The molecule has 94 valence electrons. The van der Waals surface area contributed by atoms with Crippen molar-refractivity contribution in [3.63, 3.8) is 0 Å². The molecule has 1 saturated heterocycles. The van der Waals surface area contributed by atoms with Crippen LogP contribution in [-0.4, -0.2) is 49.3 Å². The fraction of sp³-hybridized carbons (Fsp3) is 0.909. The summed E-state index contributed by atoms with van der Waals surface area (Å²) in [4.78, 5) is 11.4.